The van der Waals surface area contributed by atoms with E-state index < -0.39 is 10.0 Å². The second kappa shape index (κ2) is 8.13. The number of aryl methyl sites for hydroxylation is 1. The number of Topliss-reactive ketones (excluding diaryl/α,β-unsaturated/α-hetero) is 1. The van der Waals surface area contributed by atoms with Crippen molar-refractivity contribution >= 4 is 15.8 Å². The average Bonchev–Trinajstić information content (AvgIpc) is 3.07. The number of hydrogen-bond donors (Lipinski definition) is 2. The lowest BCUT2D eigenvalue weighted by Crippen LogP contribution is -2.46. The Bertz CT molecular complexity index is 1180. The first-order chi connectivity index (χ1) is 15.7. The summed E-state index contributed by atoms with van der Waals surface area (Å²) in [4.78, 5) is 13.3. The fraction of sp³-hybridized carbons (Fsp3) is 0.500. The molecule has 3 aliphatic rings. The molecule has 0 unspecified atom stereocenters. The van der Waals surface area contributed by atoms with E-state index in [2.05, 4.69) is 11.6 Å². The lowest BCUT2D eigenvalue weighted by molar-refractivity contribution is -0.129. The SMILES string of the molecule is COc1ccc(S(=O)(=O)NC[C@H]2CC(=O)[C@@]3(C)CC[C@@H]4c5ccc(O)cc5CC[C@H]4[C@H]23)cc1. The molecular formula is C26H31NO5S. The quantitative estimate of drug-likeness (QED) is 0.690. The summed E-state index contributed by atoms with van der Waals surface area (Å²) >= 11 is 0. The van der Waals surface area contributed by atoms with Crippen LogP contribution in [0.1, 0.15) is 49.7 Å². The van der Waals surface area contributed by atoms with Gasteiger partial charge in [0.05, 0.1) is 12.0 Å². The number of benzene rings is 2. The van der Waals surface area contributed by atoms with Crippen molar-refractivity contribution in [1.29, 1.82) is 0 Å². The molecule has 2 aromatic carbocycles. The van der Waals surface area contributed by atoms with Crippen LogP contribution in [0, 0.1) is 23.2 Å². The molecule has 3 aliphatic carbocycles. The number of ketones is 1. The zero-order chi connectivity index (χ0) is 23.4. The third-order valence-electron chi connectivity index (χ3n) is 8.46. The minimum atomic E-state index is -3.68. The van der Waals surface area contributed by atoms with Gasteiger partial charge in [-0.3, -0.25) is 4.79 Å². The number of rotatable bonds is 5. The molecule has 0 aliphatic heterocycles. The summed E-state index contributed by atoms with van der Waals surface area (Å²) in [6.45, 7) is 2.37. The number of aromatic hydroxyl groups is 1. The van der Waals surface area contributed by atoms with Crippen LogP contribution >= 0.6 is 0 Å². The zero-order valence-corrected chi connectivity index (χ0v) is 19.9. The molecule has 0 heterocycles. The molecule has 0 aromatic heterocycles. The summed E-state index contributed by atoms with van der Waals surface area (Å²) in [6, 6.07) is 12.0. The number of ether oxygens (including phenoxy) is 1. The van der Waals surface area contributed by atoms with Crippen molar-refractivity contribution < 1.29 is 23.1 Å². The van der Waals surface area contributed by atoms with Gasteiger partial charge in [0, 0.05) is 18.4 Å². The number of sulfonamides is 1. The first kappa shape index (κ1) is 22.4. The lowest BCUT2D eigenvalue weighted by Gasteiger charge is -2.49. The van der Waals surface area contributed by atoms with Crippen LogP contribution in [-0.4, -0.2) is 33.0 Å². The number of fused-ring (bicyclic) bond motifs is 5. The molecule has 0 bridgehead atoms. The van der Waals surface area contributed by atoms with E-state index in [1.165, 1.54) is 23.3 Å². The first-order valence-electron chi connectivity index (χ1n) is 11.7. The molecule has 2 saturated carbocycles. The Kier molecular flexibility index (Phi) is 5.52. The van der Waals surface area contributed by atoms with Gasteiger partial charge < -0.3 is 9.84 Å². The van der Waals surface area contributed by atoms with Gasteiger partial charge in [-0.25, -0.2) is 13.1 Å². The summed E-state index contributed by atoms with van der Waals surface area (Å²) in [6.07, 6.45) is 4.08. The van der Waals surface area contributed by atoms with E-state index in [0.717, 1.165) is 25.7 Å². The van der Waals surface area contributed by atoms with E-state index in [-0.39, 0.29) is 34.5 Å². The Morgan fingerprint density at radius 1 is 1.15 bits per heavy atom. The summed E-state index contributed by atoms with van der Waals surface area (Å²) in [5.74, 6) is 2.03. The average molecular weight is 470 g/mol. The molecule has 6 nitrogen and oxygen atoms in total. The molecule has 2 N–H and O–H groups in total. The molecule has 7 heteroatoms. The predicted molar refractivity (Wildman–Crippen MR) is 125 cm³/mol. The van der Waals surface area contributed by atoms with Crippen molar-refractivity contribution in [3.05, 3.63) is 53.6 Å². The molecule has 2 fully saturated rings. The number of carbonyl (C=O) groups is 1. The highest BCUT2D eigenvalue weighted by molar-refractivity contribution is 7.89. The van der Waals surface area contributed by atoms with Gasteiger partial charge in [0.2, 0.25) is 10.0 Å². The Morgan fingerprint density at radius 3 is 2.64 bits per heavy atom. The highest BCUT2D eigenvalue weighted by Gasteiger charge is 2.58. The van der Waals surface area contributed by atoms with Crippen LogP contribution in [0.3, 0.4) is 0 Å². The number of phenolic OH excluding ortho intramolecular Hbond substituents is 1. The van der Waals surface area contributed by atoms with Crippen LogP contribution in [0.2, 0.25) is 0 Å². The van der Waals surface area contributed by atoms with Gasteiger partial charge in [-0.05, 0) is 96.9 Å². The Labute approximate surface area is 195 Å². The zero-order valence-electron chi connectivity index (χ0n) is 19.1. The molecule has 0 spiro atoms. The number of hydrogen-bond acceptors (Lipinski definition) is 5. The van der Waals surface area contributed by atoms with Crippen LogP contribution < -0.4 is 9.46 Å². The topological polar surface area (TPSA) is 92.7 Å². The number of methoxy groups -OCH3 is 1. The van der Waals surface area contributed by atoms with Gasteiger partial charge in [0.1, 0.15) is 17.3 Å². The molecule has 5 atom stereocenters. The summed E-state index contributed by atoms with van der Waals surface area (Å²) < 4.78 is 33.8. The van der Waals surface area contributed by atoms with Crippen molar-refractivity contribution in [1.82, 2.24) is 4.72 Å². The third kappa shape index (κ3) is 3.75. The van der Waals surface area contributed by atoms with Crippen molar-refractivity contribution in [2.45, 2.75) is 49.8 Å². The molecule has 0 amide bonds. The molecule has 0 saturated heterocycles. The van der Waals surface area contributed by atoms with Crippen molar-refractivity contribution in [2.75, 3.05) is 13.7 Å². The van der Waals surface area contributed by atoms with Gasteiger partial charge in [0.25, 0.3) is 0 Å². The Balaban J connectivity index is 1.39. The lowest BCUT2D eigenvalue weighted by atomic mass is 9.54. The van der Waals surface area contributed by atoms with Gasteiger partial charge >= 0.3 is 0 Å². The van der Waals surface area contributed by atoms with E-state index in [0.29, 0.717) is 29.8 Å². The highest BCUT2D eigenvalue weighted by Crippen LogP contribution is 2.61. The van der Waals surface area contributed by atoms with Crippen LogP contribution in [0.5, 0.6) is 11.5 Å². The Hall–Kier alpha value is -2.38. The van der Waals surface area contributed by atoms with Crippen LogP contribution in [-0.2, 0) is 21.2 Å². The van der Waals surface area contributed by atoms with Crippen LogP contribution in [0.4, 0.5) is 0 Å². The maximum absolute atomic E-state index is 13.1. The van der Waals surface area contributed by atoms with Gasteiger partial charge in [-0.15, -0.1) is 0 Å². The van der Waals surface area contributed by atoms with Crippen molar-refractivity contribution in [2.24, 2.45) is 23.2 Å². The number of carbonyl (C=O) groups excluding carboxylic acids is 1. The maximum Gasteiger partial charge on any atom is 0.240 e. The number of phenols is 1. The fourth-order valence-corrected chi connectivity index (χ4v) is 7.96. The summed E-state index contributed by atoms with van der Waals surface area (Å²) in [5.41, 5.74) is 2.12. The molecular weight excluding hydrogens is 438 g/mol. The van der Waals surface area contributed by atoms with E-state index in [4.69, 9.17) is 4.74 Å². The highest BCUT2D eigenvalue weighted by atomic mass is 32.2. The van der Waals surface area contributed by atoms with Crippen LogP contribution in [0.15, 0.2) is 47.4 Å². The minimum absolute atomic E-state index is 0.0120. The van der Waals surface area contributed by atoms with E-state index in [9.17, 15) is 18.3 Å². The van der Waals surface area contributed by atoms with E-state index >= 15 is 0 Å². The number of nitrogens with one attached hydrogen (secondary N) is 1. The molecule has 33 heavy (non-hydrogen) atoms. The van der Waals surface area contributed by atoms with Crippen LogP contribution in [0.25, 0.3) is 0 Å². The Morgan fingerprint density at radius 2 is 1.91 bits per heavy atom. The minimum Gasteiger partial charge on any atom is -0.508 e. The van der Waals surface area contributed by atoms with Gasteiger partial charge in [-0.1, -0.05) is 13.0 Å². The summed E-state index contributed by atoms with van der Waals surface area (Å²) in [7, 11) is -2.13. The largest absolute Gasteiger partial charge is 0.508 e. The monoisotopic (exact) mass is 469 g/mol. The second-order valence-electron chi connectivity index (χ2n) is 10.1. The maximum atomic E-state index is 13.1. The van der Waals surface area contributed by atoms with Gasteiger partial charge in [0.15, 0.2) is 0 Å². The second-order valence-corrected chi connectivity index (χ2v) is 11.9. The fourth-order valence-electron chi connectivity index (χ4n) is 6.87. The smallest absolute Gasteiger partial charge is 0.240 e. The molecule has 5 rings (SSSR count). The third-order valence-corrected chi connectivity index (χ3v) is 9.90. The van der Waals surface area contributed by atoms with Crippen molar-refractivity contribution in [3.63, 3.8) is 0 Å². The molecule has 0 radical (unpaired) electrons. The molecule has 176 valence electrons. The normalized spacial score (nSPS) is 30.9. The standard InChI is InChI=1S/C26H31NO5S/c1-26-12-11-22-21-10-4-18(28)13-16(21)3-9-23(22)25(26)17(14-24(26)29)15-27-33(30,31)20-7-5-19(32-2)6-8-20/h4-8,10,13,17,22-23,25,27-28H,3,9,11-12,14-15H2,1-2H3/t17-,22-,23-,25+,26-/m1/s1. The van der Waals surface area contributed by atoms with Gasteiger partial charge in [-0.2, -0.15) is 0 Å². The summed E-state index contributed by atoms with van der Waals surface area (Å²) in [5, 5.41) is 9.90. The van der Waals surface area contributed by atoms with E-state index in [1.54, 1.807) is 25.3 Å². The predicted octanol–water partition coefficient (Wildman–Crippen LogP) is 4.03. The first-order valence-corrected chi connectivity index (χ1v) is 13.2. The van der Waals surface area contributed by atoms with Crippen molar-refractivity contribution in [3.8, 4) is 11.5 Å². The van der Waals surface area contributed by atoms with E-state index in [1.807, 2.05) is 12.1 Å². The molecule has 2 aromatic rings.